The zero-order chi connectivity index (χ0) is 20.7. The van der Waals surface area contributed by atoms with E-state index in [0.29, 0.717) is 45.4 Å². The number of likely N-dealkylation sites (tertiary alicyclic amines) is 1. The summed E-state index contributed by atoms with van der Waals surface area (Å²) in [6.07, 6.45) is 1.70. The standard InChI is InChI=1S/C20H29FN4O3.ClH/c1-13(2)10-18(26)24-17-6-5-14(11-16(17)21)20(28)25-9-3-4-15(12-25)19(27)23-8-7-22;/h5-6,11,13,15H,3-4,7-10,12,22H2,1-2H3,(H,23,27)(H,24,26);1H. The molecule has 2 rings (SSSR count). The van der Waals surface area contributed by atoms with Gasteiger partial charge in [-0.25, -0.2) is 4.39 Å². The third-order valence-electron chi connectivity index (χ3n) is 4.61. The SMILES string of the molecule is CC(C)CC(=O)Nc1ccc(C(=O)N2CCCC(C(=O)NCCN)C2)cc1F.Cl. The van der Waals surface area contributed by atoms with Gasteiger partial charge in [0.1, 0.15) is 5.82 Å². The van der Waals surface area contributed by atoms with E-state index >= 15 is 0 Å². The van der Waals surface area contributed by atoms with Gasteiger partial charge < -0.3 is 21.3 Å². The van der Waals surface area contributed by atoms with Crippen LogP contribution in [0, 0.1) is 17.7 Å². The number of amides is 3. The first kappa shape index (κ1) is 24.8. The minimum atomic E-state index is -0.655. The maximum Gasteiger partial charge on any atom is 0.253 e. The van der Waals surface area contributed by atoms with Crippen molar-refractivity contribution in [2.45, 2.75) is 33.1 Å². The molecule has 1 heterocycles. The summed E-state index contributed by atoms with van der Waals surface area (Å²) in [6, 6.07) is 4.02. The van der Waals surface area contributed by atoms with Gasteiger partial charge >= 0.3 is 0 Å². The van der Waals surface area contributed by atoms with E-state index in [1.165, 1.54) is 12.1 Å². The molecule has 1 aromatic carbocycles. The smallest absolute Gasteiger partial charge is 0.253 e. The lowest BCUT2D eigenvalue weighted by Gasteiger charge is -2.32. The minimum absolute atomic E-state index is 0. The third-order valence-corrected chi connectivity index (χ3v) is 4.61. The highest BCUT2D eigenvalue weighted by Crippen LogP contribution is 2.22. The Hall–Kier alpha value is -2.19. The number of nitrogens with zero attached hydrogens (tertiary/aromatic N) is 1. The number of piperidine rings is 1. The van der Waals surface area contributed by atoms with Crippen molar-refractivity contribution < 1.29 is 18.8 Å². The van der Waals surface area contributed by atoms with E-state index in [-0.39, 0.29) is 53.2 Å². The Balaban J connectivity index is 0.00000420. The van der Waals surface area contributed by atoms with E-state index < -0.39 is 5.82 Å². The fourth-order valence-electron chi connectivity index (χ4n) is 3.22. The van der Waals surface area contributed by atoms with Crippen molar-refractivity contribution in [2.75, 3.05) is 31.5 Å². The third kappa shape index (κ3) is 7.29. The molecule has 162 valence electrons. The lowest BCUT2D eigenvalue weighted by Crippen LogP contribution is -2.46. The first-order chi connectivity index (χ1) is 13.3. The largest absolute Gasteiger partial charge is 0.355 e. The highest BCUT2D eigenvalue weighted by atomic mass is 35.5. The van der Waals surface area contributed by atoms with Gasteiger partial charge in [-0.15, -0.1) is 12.4 Å². The number of carbonyl (C=O) groups is 3. The van der Waals surface area contributed by atoms with E-state index in [0.717, 1.165) is 6.07 Å². The van der Waals surface area contributed by atoms with Gasteiger partial charge in [0.05, 0.1) is 11.6 Å². The van der Waals surface area contributed by atoms with Gasteiger partial charge in [-0.2, -0.15) is 0 Å². The second-order valence-corrected chi connectivity index (χ2v) is 7.51. The Bertz CT molecular complexity index is 730. The van der Waals surface area contributed by atoms with E-state index in [2.05, 4.69) is 10.6 Å². The maximum absolute atomic E-state index is 14.4. The molecule has 1 fully saturated rings. The van der Waals surface area contributed by atoms with Gasteiger partial charge in [-0.3, -0.25) is 14.4 Å². The first-order valence-corrected chi connectivity index (χ1v) is 9.68. The molecule has 1 atom stereocenters. The number of carbonyl (C=O) groups excluding carboxylic acids is 3. The Labute approximate surface area is 177 Å². The van der Waals surface area contributed by atoms with Crippen molar-refractivity contribution in [3.05, 3.63) is 29.6 Å². The maximum atomic E-state index is 14.4. The van der Waals surface area contributed by atoms with Gasteiger partial charge in [0.2, 0.25) is 11.8 Å². The van der Waals surface area contributed by atoms with Crippen LogP contribution >= 0.6 is 12.4 Å². The number of nitrogens with one attached hydrogen (secondary N) is 2. The van der Waals surface area contributed by atoms with Crippen molar-refractivity contribution in [2.24, 2.45) is 17.6 Å². The van der Waals surface area contributed by atoms with Crippen LogP contribution in [0.1, 0.15) is 43.5 Å². The van der Waals surface area contributed by atoms with E-state index in [1.807, 2.05) is 13.8 Å². The van der Waals surface area contributed by atoms with Crippen molar-refractivity contribution in [1.29, 1.82) is 0 Å². The number of anilines is 1. The molecule has 0 aromatic heterocycles. The van der Waals surface area contributed by atoms with Crippen molar-refractivity contribution in [3.8, 4) is 0 Å². The van der Waals surface area contributed by atoms with Gasteiger partial charge in [-0.05, 0) is 37.0 Å². The average Bonchev–Trinajstić information content (AvgIpc) is 2.66. The Morgan fingerprint density at radius 2 is 2.03 bits per heavy atom. The number of hydrogen-bond acceptors (Lipinski definition) is 4. The lowest BCUT2D eigenvalue weighted by molar-refractivity contribution is -0.126. The molecular formula is C20H30ClFN4O3. The Kier molecular flexibility index (Phi) is 10.0. The Morgan fingerprint density at radius 3 is 2.66 bits per heavy atom. The molecule has 1 aliphatic heterocycles. The van der Waals surface area contributed by atoms with Crippen molar-refractivity contribution in [1.82, 2.24) is 10.2 Å². The number of nitrogens with two attached hydrogens (primary N) is 1. The highest BCUT2D eigenvalue weighted by Gasteiger charge is 2.29. The van der Waals surface area contributed by atoms with Gasteiger partial charge in [0.15, 0.2) is 0 Å². The van der Waals surface area contributed by atoms with Crippen molar-refractivity contribution >= 4 is 35.8 Å². The van der Waals surface area contributed by atoms with E-state index in [1.54, 1.807) is 4.90 Å². The van der Waals surface area contributed by atoms with Crippen LogP contribution in [0.2, 0.25) is 0 Å². The summed E-state index contributed by atoms with van der Waals surface area (Å²) < 4.78 is 14.4. The zero-order valence-corrected chi connectivity index (χ0v) is 17.7. The summed E-state index contributed by atoms with van der Waals surface area (Å²) in [6.45, 7) is 5.39. The summed E-state index contributed by atoms with van der Waals surface area (Å²) in [5.74, 6) is -1.48. The molecule has 3 amide bonds. The van der Waals surface area contributed by atoms with Crippen LogP contribution in [-0.4, -0.2) is 48.8 Å². The van der Waals surface area contributed by atoms with Crippen LogP contribution in [0.3, 0.4) is 0 Å². The summed E-state index contributed by atoms with van der Waals surface area (Å²) in [5, 5.41) is 5.27. The van der Waals surface area contributed by atoms with Crippen LogP contribution in [0.5, 0.6) is 0 Å². The summed E-state index contributed by atoms with van der Waals surface area (Å²) >= 11 is 0. The second kappa shape index (κ2) is 11.7. The predicted octanol–water partition coefficient (Wildman–Crippen LogP) is 2.16. The monoisotopic (exact) mass is 428 g/mol. The molecule has 0 aliphatic carbocycles. The zero-order valence-electron chi connectivity index (χ0n) is 16.9. The molecular weight excluding hydrogens is 399 g/mol. The minimum Gasteiger partial charge on any atom is -0.355 e. The second-order valence-electron chi connectivity index (χ2n) is 7.51. The average molecular weight is 429 g/mol. The van der Waals surface area contributed by atoms with Gasteiger partial charge in [0, 0.05) is 38.2 Å². The lowest BCUT2D eigenvalue weighted by atomic mass is 9.96. The van der Waals surface area contributed by atoms with Crippen LogP contribution in [-0.2, 0) is 9.59 Å². The van der Waals surface area contributed by atoms with Crippen molar-refractivity contribution in [3.63, 3.8) is 0 Å². The van der Waals surface area contributed by atoms with E-state index in [4.69, 9.17) is 5.73 Å². The molecule has 1 aliphatic rings. The van der Waals surface area contributed by atoms with Crippen LogP contribution in [0.4, 0.5) is 10.1 Å². The normalized spacial score (nSPS) is 16.2. The topological polar surface area (TPSA) is 105 Å². The van der Waals surface area contributed by atoms with Gasteiger partial charge in [0.25, 0.3) is 5.91 Å². The highest BCUT2D eigenvalue weighted by molar-refractivity contribution is 5.96. The first-order valence-electron chi connectivity index (χ1n) is 9.68. The number of halogens is 2. The molecule has 1 saturated heterocycles. The molecule has 1 aromatic rings. The molecule has 7 nitrogen and oxygen atoms in total. The fraction of sp³-hybridized carbons (Fsp3) is 0.550. The van der Waals surface area contributed by atoms with E-state index in [9.17, 15) is 18.8 Å². The fourth-order valence-corrected chi connectivity index (χ4v) is 3.22. The van der Waals surface area contributed by atoms with Gasteiger partial charge in [-0.1, -0.05) is 13.8 Å². The molecule has 0 bridgehead atoms. The molecule has 4 N–H and O–H groups in total. The summed E-state index contributed by atoms with van der Waals surface area (Å²) in [5.41, 5.74) is 5.65. The quantitative estimate of drug-likeness (QED) is 0.618. The molecule has 0 saturated carbocycles. The summed E-state index contributed by atoms with van der Waals surface area (Å²) in [7, 11) is 0. The van der Waals surface area contributed by atoms with Crippen LogP contribution in [0.15, 0.2) is 18.2 Å². The number of rotatable bonds is 7. The summed E-state index contributed by atoms with van der Waals surface area (Å²) in [4.78, 5) is 38.3. The Morgan fingerprint density at radius 1 is 1.31 bits per heavy atom. The molecule has 0 radical (unpaired) electrons. The molecule has 0 spiro atoms. The number of benzene rings is 1. The van der Waals surface area contributed by atoms with Crippen LogP contribution in [0.25, 0.3) is 0 Å². The number of hydrogen-bond donors (Lipinski definition) is 3. The predicted molar refractivity (Wildman–Crippen MR) is 112 cm³/mol. The molecule has 29 heavy (non-hydrogen) atoms. The molecule has 1 unspecified atom stereocenters. The molecule has 9 heteroatoms. The van der Waals surface area contributed by atoms with Crippen LogP contribution < -0.4 is 16.4 Å².